The lowest BCUT2D eigenvalue weighted by atomic mass is 9.96. The molecule has 0 saturated heterocycles. The quantitative estimate of drug-likeness (QED) is 0.752. The van der Waals surface area contributed by atoms with E-state index >= 15 is 0 Å². The second-order valence-electron chi connectivity index (χ2n) is 5.41. The van der Waals surface area contributed by atoms with Crippen LogP contribution in [0.15, 0.2) is 18.2 Å². The molecule has 1 aliphatic heterocycles. The molecular formula is C12H19NOSi. The summed E-state index contributed by atoms with van der Waals surface area (Å²) in [5.41, 5.74) is 3.88. The highest BCUT2D eigenvalue weighted by Gasteiger charge is 2.39. The maximum atomic E-state index is 10.3. The van der Waals surface area contributed by atoms with Gasteiger partial charge in [0, 0.05) is 17.3 Å². The van der Waals surface area contributed by atoms with Crippen molar-refractivity contribution in [1.82, 2.24) is 0 Å². The van der Waals surface area contributed by atoms with Gasteiger partial charge in [0.05, 0.1) is 0 Å². The molecule has 1 aromatic carbocycles. The van der Waals surface area contributed by atoms with Crippen LogP contribution in [0.4, 0.5) is 5.69 Å². The Morgan fingerprint density at radius 1 is 1.33 bits per heavy atom. The molecule has 2 rings (SSSR count). The van der Waals surface area contributed by atoms with Crippen molar-refractivity contribution < 1.29 is 4.80 Å². The lowest BCUT2D eigenvalue weighted by molar-refractivity contribution is 0.484. The van der Waals surface area contributed by atoms with Gasteiger partial charge in [-0.3, -0.25) is 0 Å². The number of fused-ring (bicyclic) bond motifs is 1. The van der Waals surface area contributed by atoms with E-state index in [1.807, 2.05) is 13.1 Å². The number of hydrogen-bond donors (Lipinski definition) is 2. The molecule has 0 radical (unpaired) electrons. The molecule has 15 heavy (non-hydrogen) atoms. The van der Waals surface area contributed by atoms with Gasteiger partial charge < -0.3 is 10.1 Å². The van der Waals surface area contributed by atoms with E-state index in [2.05, 4.69) is 37.4 Å². The Labute approximate surface area is 92.5 Å². The zero-order valence-electron chi connectivity index (χ0n) is 9.89. The first kappa shape index (κ1) is 10.7. The van der Waals surface area contributed by atoms with E-state index in [0.29, 0.717) is 0 Å². The van der Waals surface area contributed by atoms with Gasteiger partial charge >= 0.3 is 0 Å². The Balaban J connectivity index is 2.41. The lowest BCUT2D eigenvalue weighted by Gasteiger charge is -2.37. The fourth-order valence-corrected chi connectivity index (χ4v) is 2.60. The van der Waals surface area contributed by atoms with Crippen LogP contribution in [0, 0.1) is 0 Å². The largest absolute Gasteiger partial charge is 0.431 e. The first-order valence-corrected chi connectivity index (χ1v) is 8.37. The summed E-state index contributed by atoms with van der Waals surface area (Å²) in [5, 5.41) is 3.17. The highest BCUT2D eigenvalue weighted by Crippen LogP contribution is 2.36. The lowest BCUT2D eigenvalue weighted by Crippen LogP contribution is -2.47. The molecule has 0 unspecified atom stereocenters. The van der Waals surface area contributed by atoms with Crippen LogP contribution >= 0.6 is 0 Å². The van der Waals surface area contributed by atoms with Crippen molar-refractivity contribution in [2.45, 2.75) is 38.5 Å². The maximum Gasteiger partial charge on any atom is 0.192 e. The highest BCUT2D eigenvalue weighted by molar-refractivity contribution is 6.72. The summed E-state index contributed by atoms with van der Waals surface area (Å²) < 4.78 is 0. The number of nitrogens with one attached hydrogen (secondary N) is 1. The van der Waals surface area contributed by atoms with Gasteiger partial charge in [0.15, 0.2) is 8.32 Å². The minimum Gasteiger partial charge on any atom is -0.431 e. The number of anilines is 1. The zero-order valence-corrected chi connectivity index (χ0v) is 10.9. The summed E-state index contributed by atoms with van der Waals surface area (Å²) in [6.07, 6.45) is 0. The molecule has 0 bridgehead atoms. The summed E-state index contributed by atoms with van der Waals surface area (Å²) >= 11 is 0. The standard InChI is InChI=1S/C12H19NOSi/c1-12(2,15(3,4)14)10-5-6-11-9(7-10)8-13-11/h5-7,13-14H,8H2,1-4H3. The Kier molecular flexibility index (Phi) is 2.21. The number of benzene rings is 1. The predicted octanol–water partition coefficient (Wildman–Crippen LogP) is 2.63. The van der Waals surface area contributed by atoms with Crippen molar-refractivity contribution in [1.29, 1.82) is 0 Å². The molecule has 1 aliphatic rings. The van der Waals surface area contributed by atoms with Gasteiger partial charge in [-0.2, -0.15) is 0 Å². The maximum absolute atomic E-state index is 10.3. The van der Waals surface area contributed by atoms with E-state index in [9.17, 15) is 4.80 Å². The molecule has 0 fully saturated rings. The Bertz CT molecular complexity index is 393. The molecule has 82 valence electrons. The second kappa shape index (κ2) is 3.09. The van der Waals surface area contributed by atoms with Crippen LogP contribution in [-0.4, -0.2) is 13.1 Å². The Hall–Kier alpha value is -0.803. The Morgan fingerprint density at radius 2 is 2.00 bits per heavy atom. The summed E-state index contributed by atoms with van der Waals surface area (Å²) in [7, 11) is -2.16. The van der Waals surface area contributed by atoms with Gasteiger partial charge in [-0.05, 0) is 30.3 Å². The first-order valence-electron chi connectivity index (χ1n) is 5.42. The van der Waals surface area contributed by atoms with E-state index in [0.717, 1.165) is 6.54 Å². The molecule has 2 N–H and O–H groups in total. The SMILES string of the molecule is CC(C)(c1ccc2c(c1)CN2)[Si](C)(C)O. The molecule has 0 amide bonds. The summed E-state index contributed by atoms with van der Waals surface area (Å²) in [5.74, 6) is 0. The van der Waals surface area contributed by atoms with E-state index in [1.54, 1.807) is 0 Å². The third-order valence-electron chi connectivity index (χ3n) is 3.83. The average molecular weight is 221 g/mol. The molecule has 0 saturated carbocycles. The van der Waals surface area contributed by atoms with Crippen LogP contribution in [0.25, 0.3) is 0 Å². The number of rotatable bonds is 2. The predicted molar refractivity (Wildman–Crippen MR) is 66.5 cm³/mol. The molecule has 0 aliphatic carbocycles. The van der Waals surface area contributed by atoms with Crippen LogP contribution < -0.4 is 5.32 Å². The first-order chi connectivity index (χ1) is 6.82. The fraction of sp³-hybridized carbons (Fsp3) is 0.500. The topological polar surface area (TPSA) is 32.3 Å². The van der Waals surface area contributed by atoms with Crippen molar-refractivity contribution in [2.75, 3.05) is 5.32 Å². The van der Waals surface area contributed by atoms with Gasteiger partial charge in [0.25, 0.3) is 0 Å². The fourth-order valence-electron chi connectivity index (χ4n) is 1.74. The van der Waals surface area contributed by atoms with E-state index in [4.69, 9.17) is 0 Å². The van der Waals surface area contributed by atoms with E-state index in [1.165, 1.54) is 16.8 Å². The molecule has 0 aromatic heterocycles. The van der Waals surface area contributed by atoms with Crippen molar-refractivity contribution in [3.05, 3.63) is 29.3 Å². The second-order valence-corrected chi connectivity index (χ2v) is 9.78. The van der Waals surface area contributed by atoms with E-state index in [-0.39, 0.29) is 5.04 Å². The monoisotopic (exact) mass is 221 g/mol. The van der Waals surface area contributed by atoms with Crippen LogP contribution in [0.2, 0.25) is 13.1 Å². The minimum atomic E-state index is -2.16. The van der Waals surface area contributed by atoms with Gasteiger partial charge in [-0.25, -0.2) is 0 Å². The minimum absolute atomic E-state index is 0.0857. The molecule has 2 nitrogen and oxygen atoms in total. The molecular weight excluding hydrogens is 202 g/mol. The summed E-state index contributed by atoms with van der Waals surface area (Å²) in [6, 6.07) is 6.49. The Morgan fingerprint density at radius 3 is 2.40 bits per heavy atom. The summed E-state index contributed by atoms with van der Waals surface area (Å²) in [4.78, 5) is 10.3. The van der Waals surface area contributed by atoms with Crippen LogP contribution in [-0.2, 0) is 11.6 Å². The van der Waals surface area contributed by atoms with Gasteiger partial charge in [-0.1, -0.05) is 26.0 Å². The van der Waals surface area contributed by atoms with Gasteiger partial charge in [0.1, 0.15) is 0 Å². The molecule has 1 aromatic rings. The third-order valence-corrected chi connectivity index (χ3v) is 7.17. The normalized spacial score (nSPS) is 15.3. The van der Waals surface area contributed by atoms with Crippen molar-refractivity contribution >= 4 is 14.0 Å². The van der Waals surface area contributed by atoms with Crippen LogP contribution in [0.3, 0.4) is 0 Å². The van der Waals surface area contributed by atoms with Crippen molar-refractivity contribution in [3.63, 3.8) is 0 Å². The van der Waals surface area contributed by atoms with Crippen LogP contribution in [0.1, 0.15) is 25.0 Å². The van der Waals surface area contributed by atoms with Crippen molar-refractivity contribution in [2.24, 2.45) is 0 Å². The van der Waals surface area contributed by atoms with Gasteiger partial charge in [-0.15, -0.1) is 0 Å². The molecule has 1 heterocycles. The van der Waals surface area contributed by atoms with Crippen molar-refractivity contribution in [3.8, 4) is 0 Å². The zero-order chi connectivity index (χ0) is 11.3. The van der Waals surface area contributed by atoms with Gasteiger partial charge in [0.2, 0.25) is 0 Å². The molecule has 3 heteroatoms. The van der Waals surface area contributed by atoms with Crippen LogP contribution in [0.5, 0.6) is 0 Å². The highest BCUT2D eigenvalue weighted by atomic mass is 28.4. The van der Waals surface area contributed by atoms with E-state index < -0.39 is 8.32 Å². The molecule has 0 spiro atoms. The molecule has 0 atom stereocenters. The smallest absolute Gasteiger partial charge is 0.192 e. The average Bonchev–Trinajstić information content (AvgIpc) is 2.04. The number of hydrogen-bond acceptors (Lipinski definition) is 2. The third kappa shape index (κ3) is 1.60. The summed E-state index contributed by atoms with van der Waals surface area (Å²) in [6.45, 7) is 9.27.